The van der Waals surface area contributed by atoms with Gasteiger partial charge in [0.2, 0.25) is 5.91 Å². The summed E-state index contributed by atoms with van der Waals surface area (Å²) in [6.45, 7) is 4.00. The Balaban J connectivity index is 1.82. The summed E-state index contributed by atoms with van der Waals surface area (Å²) < 4.78 is 0. The molecule has 1 heterocycles. The smallest absolute Gasteiger partial charge is 0.220 e. The molecule has 112 valence electrons. The lowest BCUT2D eigenvalue weighted by molar-refractivity contribution is -0.122. The van der Waals surface area contributed by atoms with Gasteiger partial charge in [-0.2, -0.15) is 11.3 Å². The predicted molar refractivity (Wildman–Crippen MR) is 86.4 cm³/mol. The number of hydrogen-bond acceptors (Lipinski definition) is 3. The minimum Gasteiger partial charge on any atom is -0.384 e. The van der Waals surface area contributed by atoms with Gasteiger partial charge in [0, 0.05) is 6.42 Å². The number of rotatable bonds is 6. The Hall–Kier alpha value is -1.65. The van der Waals surface area contributed by atoms with Gasteiger partial charge in [0.15, 0.2) is 0 Å². The lowest BCUT2D eigenvalue weighted by Crippen LogP contribution is -2.38. The van der Waals surface area contributed by atoms with Crippen LogP contribution in [0.4, 0.5) is 0 Å². The van der Waals surface area contributed by atoms with Crippen LogP contribution < -0.4 is 5.32 Å². The summed E-state index contributed by atoms with van der Waals surface area (Å²) in [5, 5.41) is 17.0. The molecule has 4 heteroatoms. The third kappa shape index (κ3) is 4.41. The summed E-state index contributed by atoms with van der Waals surface area (Å²) in [6.07, 6.45) is 1.16. The van der Waals surface area contributed by atoms with E-state index in [0.29, 0.717) is 6.42 Å². The molecule has 0 saturated heterocycles. The van der Waals surface area contributed by atoms with Crippen molar-refractivity contribution in [2.24, 2.45) is 0 Å². The summed E-state index contributed by atoms with van der Waals surface area (Å²) in [6, 6.07) is 9.96. The number of benzene rings is 1. The first-order valence-corrected chi connectivity index (χ1v) is 7.99. The minimum absolute atomic E-state index is 0.0336. The molecule has 2 aromatic rings. The van der Waals surface area contributed by atoms with Gasteiger partial charge in [-0.25, -0.2) is 0 Å². The fraction of sp³-hybridized carbons (Fsp3) is 0.353. The van der Waals surface area contributed by atoms with Gasteiger partial charge in [-0.05, 0) is 53.8 Å². The van der Waals surface area contributed by atoms with Gasteiger partial charge in [-0.3, -0.25) is 4.79 Å². The Bertz CT molecular complexity index is 591. The van der Waals surface area contributed by atoms with Crippen molar-refractivity contribution in [3.8, 4) is 0 Å². The molecule has 2 rings (SSSR count). The van der Waals surface area contributed by atoms with E-state index in [1.165, 1.54) is 22.5 Å². The number of carbonyl (C=O) groups is 1. The largest absolute Gasteiger partial charge is 0.384 e. The van der Waals surface area contributed by atoms with E-state index in [1.54, 1.807) is 6.92 Å². The predicted octanol–water partition coefficient (Wildman–Crippen LogP) is 3.01. The second kappa shape index (κ2) is 6.87. The van der Waals surface area contributed by atoms with Gasteiger partial charge < -0.3 is 10.4 Å². The molecule has 0 saturated carbocycles. The molecule has 0 aliphatic rings. The van der Waals surface area contributed by atoms with Crippen molar-refractivity contribution in [3.63, 3.8) is 0 Å². The summed E-state index contributed by atoms with van der Waals surface area (Å²) >= 11 is 1.54. The van der Waals surface area contributed by atoms with E-state index >= 15 is 0 Å². The number of hydrogen-bond donors (Lipinski definition) is 2. The number of aryl methyl sites for hydroxylation is 2. The van der Waals surface area contributed by atoms with E-state index < -0.39 is 5.60 Å². The molecule has 0 aliphatic heterocycles. The van der Waals surface area contributed by atoms with E-state index in [2.05, 4.69) is 18.3 Å². The topological polar surface area (TPSA) is 49.3 Å². The van der Waals surface area contributed by atoms with Gasteiger partial charge >= 0.3 is 0 Å². The van der Waals surface area contributed by atoms with Crippen molar-refractivity contribution in [1.82, 2.24) is 5.32 Å². The third-order valence-corrected chi connectivity index (χ3v) is 4.34. The first-order chi connectivity index (χ1) is 9.99. The SMILES string of the molecule is Cc1ccccc1CCC(=O)NCC(C)(O)c1ccsc1. The molecule has 1 aromatic heterocycles. The molecule has 0 bridgehead atoms. The summed E-state index contributed by atoms with van der Waals surface area (Å²) in [7, 11) is 0. The first kappa shape index (κ1) is 15.7. The van der Waals surface area contributed by atoms with Crippen LogP contribution >= 0.6 is 11.3 Å². The maximum atomic E-state index is 11.9. The Kier molecular flexibility index (Phi) is 5.15. The maximum absolute atomic E-state index is 11.9. The van der Waals surface area contributed by atoms with E-state index in [9.17, 15) is 9.90 Å². The van der Waals surface area contributed by atoms with Crippen molar-refractivity contribution in [3.05, 3.63) is 57.8 Å². The number of thiophene rings is 1. The van der Waals surface area contributed by atoms with Crippen molar-refractivity contribution in [2.45, 2.75) is 32.3 Å². The molecule has 2 N–H and O–H groups in total. The summed E-state index contributed by atoms with van der Waals surface area (Å²) in [5.41, 5.74) is 2.22. The highest BCUT2D eigenvalue weighted by molar-refractivity contribution is 7.08. The van der Waals surface area contributed by atoms with Crippen LogP contribution in [0.2, 0.25) is 0 Å². The molecule has 1 aromatic carbocycles. The van der Waals surface area contributed by atoms with Crippen molar-refractivity contribution >= 4 is 17.2 Å². The average Bonchev–Trinajstić information content (AvgIpc) is 2.99. The molecular weight excluding hydrogens is 282 g/mol. The lowest BCUT2D eigenvalue weighted by atomic mass is 9.99. The van der Waals surface area contributed by atoms with Crippen molar-refractivity contribution < 1.29 is 9.90 Å². The fourth-order valence-electron chi connectivity index (χ4n) is 2.17. The van der Waals surface area contributed by atoms with Gasteiger partial charge in [-0.15, -0.1) is 0 Å². The van der Waals surface area contributed by atoms with Crippen LogP contribution in [0.25, 0.3) is 0 Å². The van der Waals surface area contributed by atoms with Gasteiger partial charge in [-0.1, -0.05) is 24.3 Å². The van der Waals surface area contributed by atoms with E-state index in [4.69, 9.17) is 0 Å². The molecule has 3 nitrogen and oxygen atoms in total. The van der Waals surface area contributed by atoms with Gasteiger partial charge in [0.05, 0.1) is 6.54 Å². The fourth-order valence-corrected chi connectivity index (χ4v) is 2.95. The van der Waals surface area contributed by atoms with Crippen molar-refractivity contribution in [1.29, 1.82) is 0 Å². The molecule has 21 heavy (non-hydrogen) atoms. The zero-order chi connectivity index (χ0) is 15.3. The Morgan fingerprint density at radius 1 is 1.33 bits per heavy atom. The monoisotopic (exact) mass is 303 g/mol. The Labute approximate surface area is 129 Å². The Morgan fingerprint density at radius 2 is 2.10 bits per heavy atom. The second-order valence-corrected chi connectivity index (χ2v) is 6.27. The molecule has 0 aliphatic carbocycles. The van der Waals surface area contributed by atoms with Crippen LogP contribution in [-0.2, 0) is 16.8 Å². The van der Waals surface area contributed by atoms with Crippen LogP contribution in [0.3, 0.4) is 0 Å². The number of nitrogens with one attached hydrogen (secondary N) is 1. The molecular formula is C17H21NO2S. The highest BCUT2D eigenvalue weighted by Gasteiger charge is 2.24. The number of aliphatic hydroxyl groups is 1. The van der Waals surface area contributed by atoms with Crippen LogP contribution in [0, 0.1) is 6.92 Å². The summed E-state index contributed by atoms with van der Waals surface area (Å²) in [4.78, 5) is 11.9. The van der Waals surface area contributed by atoms with E-state index in [-0.39, 0.29) is 12.5 Å². The first-order valence-electron chi connectivity index (χ1n) is 7.05. The van der Waals surface area contributed by atoms with Gasteiger partial charge in [0.25, 0.3) is 0 Å². The van der Waals surface area contributed by atoms with E-state index in [1.807, 2.05) is 35.0 Å². The highest BCUT2D eigenvalue weighted by Crippen LogP contribution is 2.22. The second-order valence-electron chi connectivity index (χ2n) is 5.49. The normalized spacial score (nSPS) is 13.7. The van der Waals surface area contributed by atoms with Crippen LogP contribution in [0.1, 0.15) is 30.0 Å². The van der Waals surface area contributed by atoms with Crippen LogP contribution in [0.15, 0.2) is 41.1 Å². The molecule has 0 spiro atoms. The zero-order valence-electron chi connectivity index (χ0n) is 12.4. The maximum Gasteiger partial charge on any atom is 0.220 e. The van der Waals surface area contributed by atoms with Crippen LogP contribution in [0.5, 0.6) is 0 Å². The van der Waals surface area contributed by atoms with Crippen molar-refractivity contribution in [2.75, 3.05) is 6.54 Å². The standard InChI is InChI=1S/C17H21NO2S/c1-13-5-3-4-6-14(13)7-8-16(19)18-12-17(2,20)15-9-10-21-11-15/h3-6,9-11,20H,7-8,12H2,1-2H3,(H,18,19). The minimum atomic E-state index is -1.02. The van der Waals surface area contributed by atoms with Crippen LogP contribution in [-0.4, -0.2) is 17.6 Å². The summed E-state index contributed by atoms with van der Waals surface area (Å²) in [5.74, 6) is -0.0336. The molecule has 0 fully saturated rings. The average molecular weight is 303 g/mol. The molecule has 1 amide bonds. The van der Waals surface area contributed by atoms with Gasteiger partial charge in [0.1, 0.15) is 5.60 Å². The molecule has 0 radical (unpaired) electrons. The van der Waals surface area contributed by atoms with E-state index in [0.717, 1.165) is 12.0 Å². The quantitative estimate of drug-likeness (QED) is 0.862. The lowest BCUT2D eigenvalue weighted by Gasteiger charge is -2.22. The zero-order valence-corrected chi connectivity index (χ0v) is 13.2. The number of amides is 1. The highest BCUT2D eigenvalue weighted by atomic mass is 32.1. The molecule has 1 unspecified atom stereocenters. The number of carbonyl (C=O) groups excluding carboxylic acids is 1. The Morgan fingerprint density at radius 3 is 2.76 bits per heavy atom. The third-order valence-electron chi connectivity index (χ3n) is 3.66. The molecule has 1 atom stereocenters.